The van der Waals surface area contributed by atoms with E-state index < -0.39 is 11.5 Å². The van der Waals surface area contributed by atoms with E-state index >= 15 is 0 Å². The molecule has 7 heteroatoms. The maximum atomic E-state index is 12.7. The molecule has 1 rings (SSSR count). The van der Waals surface area contributed by atoms with Crippen LogP contribution in [0, 0.1) is 0 Å². The van der Waals surface area contributed by atoms with Crippen LogP contribution in [0.25, 0.3) is 0 Å². The first-order chi connectivity index (χ1) is 9.97. The van der Waals surface area contributed by atoms with E-state index in [1.54, 1.807) is 26.0 Å². The fraction of sp³-hybridized carbons (Fsp3) is 0.857. The van der Waals surface area contributed by atoms with Gasteiger partial charge in [-0.3, -0.25) is 0 Å². The maximum absolute atomic E-state index is 12.7. The molecule has 122 valence electrons. The van der Waals surface area contributed by atoms with Gasteiger partial charge in [0.1, 0.15) is 5.54 Å². The van der Waals surface area contributed by atoms with Gasteiger partial charge in [0.25, 0.3) is 0 Å². The summed E-state index contributed by atoms with van der Waals surface area (Å²) in [6, 6.07) is -0.256. The molecule has 0 aromatic heterocycles. The lowest BCUT2D eigenvalue weighted by atomic mass is 9.89. The fourth-order valence-corrected chi connectivity index (χ4v) is 2.53. The smallest absolute Gasteiger partial charge is 0.329 e. The highest BCUT2D eigenvalue weighted by Crippen LogP contribution is 2.29. The molecular weight excluding hydrogens is 276 g/mol. The van der Waals surface area contributed by atoms with Crippen molar-refractivity contribution in [3.8, 4) is 0 Å². The van der Waals surface area contributed by atoms with Crippen LogP contribution in [0.3, 0.4) is 0 Å². The molecule has 0 spiro atoms. The summed E-state index contributed by atoms with van der Waals surface area (Å²) in [5.41, 5.74) is -1.13. The van der Waals surface area contributed by atoms with Crippen LogP contribution in [0.1, 0.15) is 26.2 Å². The second kappa shape index (κ2) is 8.19. The molecule has 0 aromatic rings. The van der Waals surface area contributed by atoms with Crippen molar-refractivity contribution in [3.63, 3.8) is 0 Å². The van der Waals surface area contributed by atoms with Gasteiger partial charge >= 0.3 is 12.0 Å². The van der Waals surface area contributed by atoms with Crippen molar-refractivity contribution in [2.24, 2.45) is 0 Å². The molecule has 21 heavy (non-hydrogen) atoms. The quantitative estimate of drug-likeness (QED) is 0.760. The summed E-state index contributed by atoms with van der Waals surface area (Å²) in [5, 5.41) is 9.49. The predicted octanol–water partition coefficient (Wildman–Crippen LogP) is 1.03. The molecule has 0 bridgehead atoms. The largest absolute Gasteiger partial charge is 0.480 e. The van der Waals surface area contributed by atoms with E-state index in [9.17, 15) is 14.7 Å². The number of nitrogens with zero attached hydrogens (tertiary/aromatic N) is 2. The zero-order valence-corrected chi connectivity index (χ0v) is 13.1. The SMILES string of the molecule is COCCN(CCOC)C(=O)N1CCCCC1(C)C(=O)O. The Morgan fingerprint density at radius 2 is 1.76 bits per heavy atom. The standard InChI is InChI=1S/C14H26N2O5/c1-14(12(17)18)6-4-5-7-16(14)13(19)15(8-10-20-2)9-11-21-3/h4-11H2,1-3H3,(H,17,18). The Morgan fingerprint density at radius 1 is 1.19 bits per heavy atom. The van der Waals surface area contributed by atoms with Crippen LogP contribution < -0.4 is 0 Å². The number of rotatable bonds is 7. The molecule has 0 aromatic carbocycles. The van der Waals surface area contributed by atoms with E-state index in [0.29, 0.717) is 39.3 Å². The van der Waals surface area contributed by atoms with Gasteiger partial charge in [-0.05, 0) is 26.2 Å². The van der Waals surface area contributed by atoms with Gasteiger partial charge in [0.15, 0.2) is 0 Å². The number of hydrogen-bond acceptors (Lipinski definition) is 4. The van der Waals surface area contributed by atoms with Crippen molar-refractivity contribution >= 4 is 12.0 Å². The van der Waals surface area contributed by atoms with E-state index in [2.05, 4.69) is 0 Å². The van der Waals surface area contributed by atoms with Crippen LogP contribution in [0.15, 0.2) is 0 Å². The van der Waals surface area contributed by atoms with Crippen LogP contribution >= 0.6 is 0 Å². The Labute approximate surface area is 125 Å². The minimum atomic E-state index is -1.13. The first-order valence-corrected chi connectivity index (χ1v) is 7.25. The summed E-state index contributed by atoms with van der Waals surface area (Å²) in [6.07, 6.45) is 2.14. The van der Waals surface area contributed by atoms with Crippen LogP contribution in [-0.2, 0) is 14.3 Å². The van der Waals surface area contributed by atoms with Gasteiger partial charge in [0, 0.05) is 33.9 Å². The van der Waals surface area contributed by atoms with Gasteiger partial charge in [0.2, 0.25) is 0 Å². The molecule has 0 radical (unpaired) electrons. The lowest BCUT2D eigenvalue weighted by Crippen LogP contribution is -2.61. The minimum absolute atomic E-state index is 0.256. The Morgan fingerprint density at radius 3 is 2.24 bits per heavy atom. The van der Waals surface area contributed by atoms with Crippen molar-refractivity contribution in [1.29, 1.82) is 0 Å². The number of carbonyl (C=O) groups is 2. The summed E-state index contributed by atoms with van der Waals surface area (Å²) < 4.78 is 10.0. The molecule has 0 saturated carbocycles. The zero-order valence-electron chi connectivity index (χ0n) is 13.1. The molecule has 1 aliphatic heterocycles. The molecule has 1 atom stereocenters. The second-order valence-electron chi connectivity index (χ2n) is 5.44. The molecule has 1 saturated heterocycles. The number of amides is 2. The van der Waals surface area contributed by atoms with E-state index in [4.69, 9.17) is 9.47 Å². The van der Waals surface area contributed by atoms with Crippen LogP contribution in [0.2, 0.25) is 0 Å². The third-order valence-electron chi connectivity index (χ3n) is 3.98. The van der Waals surface area contributed by atoms with Gasteiger partial charge in [-0.15, -0.1) is 0 Å². The number of carboxylic acids is 1. The summed E-state index contributed by atoms with van der Waals surface area (Å²) in [7, 11) is 3.14. The van der Waals surface area contributed by atoms with Crippen molar-refractivity contribution in [2.45, 2.75) is 31.7 Å². The van der Waals surface area contributed by atoms with E-state index in [-0.39, 0.29) is 6.03 Å². The first kappa shape index (κ1) is 17.7. The number of hydrogen-bond donors (Lipinski definition) is 1. The summed E-state index contributed by atoms with van der Waals surface area (Å²) in [5.74, 6) is -0.950. The van der Waals surface area contributed by atoms with Crippen molar-refractivity contribution in [2.75, 3.05) is 47.1 Å². The molecule has 1 aliphatic rings. The van der Waals surface area contributed by atoms with Crippen LogP contribution in [-0.4, -0.2) is 79.5 Å². The average Bonchev–Trinajstić information content (AvgIpc) is 2.47. The molecule has 1 N–H and O–H groups in total. The summed E-state index contributed by atoms with van der Waals surface area (Å²) in [4.78, 5) is 27.4. The predicted molar refractivity (Wildman–Crippen MR) is 77.3 cm³/mol. The Hall–Kier alpha value is -1.34. The molecule has 0 aliphatic carbocycles. The van der Waals surface area contributed by atoms with E-state index in [1.807, 2.05) is 0 Å². The molecular formula is C14H26N2O5. The summed E-state index contributed by atoms with van der Waals surface area (Å²) >= 11 is 0. The number of piperidine rings is 1. The maximum Gasteiger partial charge on any atom is 0.329 e. The normalized spacial score (nSPS) is 22.1. The minimum Gasteiger partial charge on any atom is -0.480 e. The van der Waals surface area contributed by atoms with E-state index in [1.165, 1.54) is 4.90 Å². The lowest BCUT2D eigenvalue weighted by molar-refractivity contribution is -0.150. The topological polar surface area (TPSA) is 79.3 Å². The van der Waals surface area contributed by atoms with Crippen molar-refractivity contribution < 1.29 is 24.2 Å². The van der Waals surface area contributed by atoms with Gasteiger partial charge in [-0.25, -0.2) is 9.59 Å². The van der Waals surface area contributed by atoms with Crippen LogP contribution in [0.5, 0.6) is 0 Å². The number of aliphatic carboxylic acids is 1. The third kappa shape index (κ3) is 4.31. The van der Waals surface area contributed by atoms with Gasteiger partial charge < -0.3 is 24.4 Å². The Kier molecular flexibility index (Phi) is 6.91. The Bertz CT molecular complexity index is 355. The zero-order chi connectivity index (χ0) is 15.9. The third-order valence-corrected chi connectivity index (χ3v) is 3.98. The Balaban J connectivity index is 2.85. The number of ether oxygens (including phenoxy) is 2. The number of carboxylic acid groups (broad SMARTS) is 1. The van der Waals surface area contributed by atoms with Crippen LogP contribution in [0.4, 0.5) is 4.79 Å². The molecule has 1 unspecified atom stereocenters. The number of methoxy groups -OCH3 is 2. The van der Waals surface area contributed by atoms with E-state index in [0.717, 1.165) is 12.8 Å². The molecule has 7 nitrogen and oxygen atoms in total. The number of urea groups is 1. The molecule has 1 heterocycles. The van der Waals surface area contributed by atoms with Gasteiger partial charge in [-0.2, -0.15) is 0 Å². The van der Waals surface area contributed by atoms with Gasteiger partial charge in [-0.1, -0.05) is 0 Å². The highest BCUT2D eigenvalue weighted by atomic mass is 16.5. The monoisotopic (exact) mass is 302 g/mol. The highest BCUT2D eigenvalue weighted by Gasteiger charge is 2.45. The lowest BCUT2D eigenvalue weighted by Gasteiger charge is -2.43. The molecule has 2 amide bonds. The fourth-order valence-electron chi connectivity index (χ4n) is 2.53. The second-order valence-corrected chi connectivity index (χ2v) is 5.44. The number of carbonyl (C=O) groups excluding carboxylic acids is 1. The highest BCUT2D eigenvalue weighted by molar-refractivity contribution is 5.86. The average molecular weight is 302 g/mol. The first-order valence-electron chi connectivity index (χ1n) is 7.25. The molecule has 1 fully saturated rings. The van der Waals surface area contributed by atoms with Crippen molar-refractivity contribution in [3.05, 3.63) is 0 Å². The number of likely N-dealkylation sites (tertiary alicyclic amines) is 1. The van der Waals surface area contributed by atoms with Gasteiger partial charge in [0.05, 0.1) is 13.2 Å². The van der Waals surface area contributed by atoms with Crippen molar-refractivity contribution in [1.82, 2.24) is 9.80 Å². The summed E-state index contributed by atoms with van der Waals surface area (Å²) in [6.45, 7) is 3.76.